The molecule has 19 heavy (non-hydrogen) atoms. The number of benzene rings is 1. The highest BCUT2D eigenvalue weighted by Crippen LogP contribution is 2.32. The molecule has 106 valence electrons. The van der Waals surface area contributed by atoms with Crippen LogP contribution >= 0.6 is 11.6 Å². The molecule has 2 nitrogen and oxygen atoms in total. The number of halogens is 2. The first-order valence-electron chi connectivity index (χ1n) is 6.91. The first-order valence-corrected chi connectivity index (χ1v) is 7.29. The molecule has 1 aliphatic rings. The summed E-state index contributed by atoms with van der Waals surface area (Å²) in [6.07, 6.45) is 4.42. The van der Waals surface area contributed by atoms with E-state index in [9.17, 15) is 4.39 Å². The van der Waals surface area contributed by atoms with Crippen LogP contribution in [0.3, 0.4) is 0 Å². The van der Waals surface area contributed by atoms with Gasteiger partial charge in [0.15, 0.2) is 0 Å². The molecule has 0 amide bonds. The lowest BCUT2D eigenvalue weighted by atomic mass is 9.90. The van der Waals surface area contributed by atoms with Gasteiger partial charge in [-0.2, -0.15) is 0 Å². The summed E-state index contributed by atoms with van der Waals surface area (Å²) in [4.78, 5) is 2.34. The van der Waals surface area contributed by atoms with Crippen molar-refractivity contribution in [3.63, 3.8) is 0 Å². The molecule has 1 unspecified atom stereocenters. The predicted octanol–water partition coefficient (Wildman–Crippen LogP) is 3.74. The smallest absolute Gasteiger partial charge is 0.124 e. The van der Waals surface area contributed by atoms with Crippen LogP contribution in [0.15, 0.2) is 18.2 Å². The van der Waals surface area contributed by atoms with Crippen molar-refractivity contribution in [3.05, 3.63) is 34.6 Å². The molecule has 0 saturated heterocycles. The van der Waals surface area contributed by atoms with E-state index < -0.39 is 0 Å². The SMILES string of the molecule is CC(c1ccc(F)cc1Cl)N(C)C1CCC(N)CC1. The van der Waals surface area contributed by atoms with E-state index in [0.29, 0.717) is 17.1 Å². The summed E-state index contributed by atoms with van der Waals surface area (Å²) in [6.45, 7) is 2.12. The fraction of sp³-hybridized carbons (Fsp3) is 0.600. The minimum absolute atomic E-state index is 0.187. The fourth-order valence-corrected chi connectivity index (χ4v) is 3.21. The maximum Gasteiger partial charge on any atom is 0.124 e. The lowest BCUT2D eigenvalue weighted by Crippen LogP contribution is -2.39. The number of hydrogen-bond acceptors (Lipinski definition) is 2. The first-order chi connectivity index (χ1) is 8.99. The van der Waals surface area contributed by atoms with Gasteiger partial charge in [0.1, 0.15) is 5.82 Å². The lowest BCUT2D eigenvalue weighted by molar-refractivity contribution is 0.140. The Labute approximate surface area is 119 Å². The molecule has 1 fully saturated rings. The highest BCUT2D eigenvalue weighted by Gasteiger charge is 2.26. The number of hydrogen-bond donors (Lipinski definition) is 1. The zero-order valence-electron chi connectivity index (χ0n) is 11.6. The summed E-state index contributed by atoms with van der Waals surface area (Å²) in [7, 11) is 2.12. The van der Waals surface area contributed by atoms with E-state index in [1.165, 1.54) is 12.1 Å². The summed E-state index contributed by atoms with van der Waals surface area (Å²) < 4.78 is 13.1. The largest absolute Gasteiger partial charge is 0.328 e. The third kappa shape index (κ3) is 3.47. The molecule has 1 saturated carbocycles. The van der Waals surface area contributed by atoms with Gasteiger partial charge in [0.05, 0.1) is 0 Å². The predicted molar refractivity (Wildman–Crippen MR) is 77.8 cm³/mol. The molecule has 4 heteroatoms. The van der Waals surface area contributed by atoms with E-state index in [1.54, 1.807) is 6.07 Å². The van der Waals surface area contributed by atoms with Crippen LogP contribution in [0.25, 0.3) is 0 Å². The van der Waals surface area contributed by atoms with Gasteiger partial charge in [-0.05, 0) is 57.4 Å². The van der Waals surface area contributed by atoms with E-state index >= 15 is 0 Å². The van der Waals surface area contributed by atoms with Gasteiger partial charge in [0.2, 0.25) is 0 Å². The molecule has 0 aromatic heterocycles. The second-order valence-corrected chi connectivity index (χ2v) is 5.98. The average Bonchev–Trinajstić information content (AvgIpc) is 2.38. The Morgan fingerprint density at radius 1 is 1.32 bits per heavy atom. The second kappa shape index (κ2) is 6.21. The zero-order chi connectivity index (χ0) is 14.0. The molecule has 0 heterocycles. The Kier molecular flexibility index (Phi) is 4.82. The van der Waals surface area contributed by atoms with Crippen LogP contribution in [0.2, 0.25) is 5.02 Å². The van der Waals surface area contributed by atoms with Crippen molar-refractivity contribution in [2.75, 3.05) is 7.05 Å². The Morgan fingerprint density at radius 2 is 1.95 bits per heavy atom. The molecule has 1 aliphatic carbocycles. The molecule has 0 radical (unpaired) electrons. The molecule has 1 aromatic rings. The first kappa shape index (κ1) is 14.8. The number of nitrogens with zero attached hydrogens (tertiary/aromatic N) is 1. The van der Waals surface area contributed by atoms with Crippen molar-refractivity contribution in [2.24, 2.45) is 5.73 Å². The Morgan fingerprint density at radius 3 is 2.53 bits per heavy atom. The normalized spacial score (nSPS) is 25.6. The van der Waals surface area contributed by atoms with Gasteiger partial charge in [-0.1, -0.05) is 17.7 Å². The van der Waals surface area contributed by atoms with Gasteiger partial charge >= 0.3 is 0 Å². The summed E-state index contributed by atoms with van der Waals surface area (Å²) in [5.41, 5.74) is 6.93. The van der Waals surface area contributed by atoms with Crippen LogP contribution in [-0.4, -0.2) is 24.0 Å². The van der Waals surface area contributed by atoms with Gasteiger partial charge in [-0.3, -0.25) is 4.90 Å². The highest BCUT2D eigenvalue weighted by atomic mass is 35.5. The van der Waals surface area contributed by atoms with Gasteiger partial charge < -0.3 is 5.73 Å². The second-order valence-electron chi connectivity index (χ2n) is 5.58. The van der Waals surface area contributed by atoms with E-state index in [4.69, 9.17) is 17.3 Å². The monoisotopic (exact) mass is 284 g/mol. The summed E-state index contributed by atoms with van der Waals surface area (Å²) in [5, 5.41) is 0.506. The van der Waals surface area contributed by atoms with Crippen LogP contribution in [0.4, 0.5) is 4.39 Å². The van der Waals surface area contributed by atoms with Crippen molar-refractivity contribution in [1.29, 1.82) is 0 Å². The minimum Gasteiger partial charge on any atom is -0.328 e. The van der Waals surface area contributed by atoms with Gasteiger partial charge in [-0.25, -0.2) is 4.39 Å². The van der Waals surface area contributed by atoms with Crippen LogP contribution in [0.5, 0.6) is 0 Å². The molecule has 2 N–H and O–H groups in total. The standard InChI is InChI=1S/C15H22ClFN2/c1-10(14-8-3-11(17)9-15(14)16)19(2)13-6-4-12(18)5-7-13/h3,8-10,12-13H,4-7,18H2,1-2H3. The lowest BCUT2D eigenvalue weighted by Gasteiger charge is -2.37. The molecule has 0 spiro atoms. The fourth-order valence-electron chi connectivity index (χ4n) is 2.88. The maximum atomic E-state index is 13.1. The van der Waals surface area contributed by atoms with E-state index in [-0.39, 0.29) is 11.9 Å². The average molecular weight is 285 g/mol. The topological polar surface area (TPSA) is 29.3 Å². The molecular formula is C15H22ClFN2. The van der Waals surface area contributed by atoms with E-state index in [2.05, 4.69) is 18.9 Å². The molecular weight excluding hydrogens is 263 g/mol. The van der Waals surface area contributed by atoms with Crippen LogP contribution < -0.4 is 5.73 Å². The van der Waals surface area contributed by atoms with Crippen molar-refractivity contribution in [3.8, 4) is 0 Å². The van der Waals surface area contributed by atoms with Gasteiger partial charge in [-0.15, -0.1) is 0 Å². The molecule has 1 atom stereocenters. The number of nitrogens with two attached hydrogens (primary N) is 1. The quantitative estimate of drug-likeness (QED) is 0.916. The summed E-state index contributed by atoms with van der Waals surface area (Å²) in [6, 6.07) is 5.73. The van der Waals surface area contributed by atoms with E-state index in [1.807, 2.05) is 0 Å². The van der Waals surface area contributed by atoms with Crippen molar-refractivity contribution in [2.45, 2.75) is 50.7 Å². The minimum atomic E-state index is -0.285. The summed E-state index contributed by atoms with van der Waals surface area (Å²) in [5.74, 6) is -0.285. The zero-order valence-corrected chi connectivity index (χ0v) is 12.3. The van der Waals surface area contributed by atoms with Gasteiger partial charge in [0.25, 0.3) is 0 Å². The Hall–Kier alpha value is -0.640. The molecule has 2 rings (SSSR count). The molecule has 0 aliphatic heterocycles. The van der Waals surface area contributed by atoms with E-state index in [0.717, 1.165) is 31.2 Å². The third-order valence-electron chi connectivity index (χ3n) is 4.34. The van der Waals surface area contributed by atoms with Crippen LogP contribution in [-0.2, 0) is 0 Å². The molecule has 1 aromatic carbocycles. The summed E-state index contributed by atoms with van der Waals surface area (Å²) >= 11 is 6.14. The van der Waals surface area contributed by atoms with Crippen molar-refractivity contribution in [1.82, 2.24) is 4.90 Å². The highest BCUT2D eigenvalue weighted by molar-refractivity contribution is 6.31. The Balaban J connectivity index is 2.08. The van der Waals surface area contributed by atoms with Crippen molar-refractivity contribution >= 4 is 11.6 Å². The van der Waals surface area contributed by atoms with Crippen LogP contribution in [0, 0.1) is 5.82 Å². The molecule has 0 bridgehead atoms. The van der Waals surface area contributed by atoms with Gasteiger partial charge in [0, 0.05) is 23.1 Å². The number of rotatable bonds is 3. The van der Waals surface area contributed by atoms with Crippen molar-refractivity contribution < 1.29 is 4.39 Å². The third-order valence-corrected chi connectivity index (χ3v) is 4.67. The Bertz CT molecular complexity index is 430. The maximum absolute atomic E-state index is 13.1. The van der Waals surface area contributed by atoms with Crippen LogP contribution in [0.1, 0.15) is 44.2 Å².